The van der Waals surface area contributed by atoms with Gasteiger partial charge in [0.05, 0.1) is 5.02 Å². The molecule has 3 heteroatoms. The van der Waals surface area contributed by atoms with E-state index in [-0.39, 0.29) is 10.8 Å². The van der Waals surface area contributed by atoms with Crippen molar-refractivity contribution in [3.63, 3.8) is 0 Å². The summed E-state index contributed by atoms with van der Waals surface area (Å²) in [6.45, 7) is 2.15. The van der Waals surface area contributed by atoms with Crippen LogP contribution >= 0.6 is 11.6 Å². The maximum atomic E-state index is 14.8. The number of hydrogen-bond acceptors (Lipinski definition) is 0. The molecule has 4 rings (SSSR count). The van der Waals surface area contributed by atoms with Crippen LogP contribution in [0.15, 0.2) is 60.7 Å². The lowest BCUT2D eigenvalue weighted by molar-refractivity contribution is 0.625. The first-order chi connectivity index (χ1) is 12.6. The summed E-state index contributed by atoms with van der Waals surface area (Å²) in [5.41, 5.74) is 2.13. The summed E-state index contributed by atoms with van der Waals surface area (Å²) in [5.74, 6) is -0.921. The smallest absolute Gasteiger partial charge is 0.142 e. The summed E-state index contributed by atoms with van der Waals surface area (Å²) in [7, 11) is 0. The Labute approximate surface area is 156 Å². The molecule has 0 aromatic heterocycles. The second-order valence-corrected chi connectivity index (χ2v) is 6.96. The largest absolute Gasteiger partial charge is 0.206 e. The minimum atomic E-state index is -0.550. The predicted octanol–water partition coefficient (Wildman–Crippen LogP) is 7.54. The van der Waals surface area contributed by atoms with Gasteiger partial charge >= 0.3 is 0 Å². The van der Waals surface area contributed by atoms with Gasteiger partial charge in [0.25, 0.3) is 0 Å². The van der Waals surface area contributed by atoms with Gasteiger partial charge in [-0.1, -0.05) is 61.3 Å². The Bertz CT molecular complexity index is 1130. The lowest BCUT2D eigenvalue weighted by Crippen LogP contribution is -1.89. The van der Waals surface area contributed by atoms with E-state index in [1.807, 2.05) is 6.07 Å². The molecule has 0 atom stereocenters. The van der Waals surface area contributed by atoms with Gasteiger partial charge in [-0.15, -0.1) is 0 Å². The average Bonchev–Trinajstić information content (AvgIpc) is 2.63. The number of aryl methyl sites for hydroxylation is 1. The third kappa shape index (κ3) is 2.95. The third-order valence-electron chi connectivity index (χ3n) is 4.76. The van der Waals surface area contributed by atoms with E-state index in [4.69, 9.17) is 11.6 Å². The van der Waals surface area contributed by atoms with Crippen molar-refractivity contribution in [2.24, 2.45) is 0 Å². The molecular weight excluding hydrogens is 350 g/mol. The molecule has 0 amide bonds. The summed E-state index contributed by atoms with van der Waals surface area (Å²) in [4.78, 5) is 0. The van der Waals surface area contributed by atoms with Crippen molar-refractivity contribution < 1.29 is 8.78 Å². The molecule has 0 unspecified atom stereocenters. The summed E-state index contributed by atoms with van der Waals surface area (Å²) in [5, 5.41) is 3.95. The van der Waals surface area contributed by atoms with Crippen LogP contribution in [0, 0.1) is 11.6 Å². The first-order valence-electron chi connectivity index (χ1n) is 8.67. The lowest BCUT2D eigenvalue weighted by atomic mass is 9.95. The van der Waals surface area contributed by atoms with Crippen LogP contribution in [0.4, 0.5) is 8.78 Å². The fourth-order valence-corrected chi connectivity index (χ4v) is 3.58. The second kappa shape index (κ2) is 6.69. The van der Waals surface area contributed by atoms with Crippen LogP contribution in [-0.4, -0.2) is 0 Å². The summed E-state index contributed by atoms with van der Waals surface area (Å²) in [6, 6.07) is 18.0. The standard InChI is InChI=1S/C23H17ClF2/c1-2-3-14-4-8-18-15(10-14)5-6-16-11-20(22(25)13-19(16)18)17-7-9-21(24)23(26)12-17/h4-13H,2-3H2,1H3. The molecule has 0 spiro atoms. The van der Waals surface area contributed by atoms with Gasteiger partial charge in [-0.25, -0.2) is 8.78 Å². The zero-order chi connectivity index (χ0) is 18.3. The van der Waals surface area contributed by atoms with Crippen LogP contribution in [0.3, 0.4) is 0 Å². The molecule has 0 aliphatic carbocycles. The highest BCUT2D eigenvalue weighted by atomic mass is 35.5. The molecule has 0 bridgehead atoms. The van der Waals surface area contributed by atoms with E-state index in [9.17, 15) is 8.78 Å². The molecule has 0 aliphatic rings. The highest BCUT2D eigenvalue weighted by Gasteiger charge is 2.11. The van der Waals surface area contributed by atoms with Gasteiger partial charge in [0.15, 0.2) is 0 Å². The fraction of sp³-hybridized carbons (Fsp3) is 0.130. The molecule has 0 aliphatic heterocycles. The van der Waals surface area contributed by atoms with Gasteiger partial charge in [-0.3, -0.25) is 0 Å². The zero-order valence-electron chi connectivity index (χ0n) is 14.3. The molecule has 0 nitrogen and oxygen atoms in total. The predicted molar refractivity (Wildman–Crippen MR) is 106 cm³/mol. The fourth-order valence-electron chi connectivity index (χ4n) is 3.47. The molecule has 0 N–H and O–H groups in total. The second-order valence-electron chi connectivity index (χ2n) is 6.55. The van der Waals surface area contributed by atoms with E-state index in [0.717, 1.165) is 34.4 Å². The SMILES string of the molecule is CCCc1ccc2c(ccc3cc(-c4ccc(Cl)c(F)c4)c(F)cc32)c1. The Kier molecular flexibility index (Phi) is 4.37. The molecular formula is C23H17ClF2. The summed E-state index contributed by atoms with van der Waals surface area (Å²) < 4.78 is 28.6. The van der Waals surface area contributed by atoms with Gasteiger partial charge in [0.2, 0.25) is 0 Å². The van der Waals surface area contributed by atoms with E-state index < -0.39 is 5.82 Å². The van der Waals surface area contributed by atoms with E-state index >= 15 is 0 Å². The maximum Gasteiger partial charge on any atom is 0.142 e. The number of rotatable bonds is 3. The van der Waals surface area contributed by atoms with Crippen molar-refractivity contribution in [2.75, 3.05) is 0 Å². The Morgan fingerprint density at radius 3 is 2.27 bits per heavy atom. The Morgan fingerprint density at radius 1 is 0.769 bits per heavy atom. The quantitative estimate of drug-likeness (QED) is 0.328. The molecule has 0 radical (unpaired) electrons. The first-order valence-corrected chi connectivity index (χ1v) is 9.05. The monoisotopic (exact) mass is 366 g/mol. The van der Waals surface area contributed by atoms with Crippen molar-refractivity contribution >= 4 is 33.1 Å². The van der Waals surface area contributed by atoms with Crippen LogP contribution in [-0.2, 0) is 6.42 Å². The number of benzene rings is 4. The lowest BCUT2D eigenvalue weighted by Gasteiger charge is -2.10. The number of halogens is 3. The minimum absolute atomic E-state index is 0.0313. The Balaban J connectivity index is 1.91. The van der Waals surface area contributed by atoms with E-state index in [0.29, 0.717) is 11.1 Å². The highest BCUT2D eigenvalue weighted by molar-refractivity contribution is 6.30. The van der Waals surface area contributed by atoms with Crippen LogP contribution in [0.2, 0.25) is 5.02 Å². The third-order valence-corrected chi connectivity index (χ3v) is 5.06. The first kappa shape index (κ1) is 17.0. The molecule has 0 saturated heterocycles. The molecule has 130 valence electrons. The Morgan fingerprint density at radius 2 is 1.54 bits per heavy atom. The van der Waals surface area contributed by atoms with Gasteiger partial charge in [-0.2, -0.15) is 0 Å². The minimum Gasteiger partial charge on any atom is -0.206 e. The van der Waals surface area contributed by atoms with Crippen LogP contribution in [0.1, 0.15) is 18.9 Å². The van der Waals surface area contributed by atoms with Crippen molar-refractivity contribution in [2.45, 2.75) is 19.8 Å². The van der Waals surface area contributed by atoms with E-state index in [1.54, 1.807) is 18.2 Å². The number of hydrogen-bond donors (Lipinski definition) is 0. The van der Waals surface area contributed by atoms with Crippen molar-refractivity contribution in [3.05, 3.63) is 82.9 Å². The normalized spacial score (nSPS) is 11.4. The molecule has 0 fully saturated rings. The van der Waals surface area contributed by atoms with Crippen LogP contribution < -0.4 is 0 Å². The van der Waals surface area contributed by atoms with Gasteiger partial charge in [-0.05, 0) is 63.4 Å². The van der Waals surface area contributed by atoms with Crippen molar-refractivity contribution in [1.29, 1.82) is 0 Å². The molecule has 0 saturated carbocycles. The summed E-state index contributed by atoms with van der Waals surface area (Å²) >= 11 is 5.73. The molecule has 4 aromatic carbocycles. The average molecular weight is 367 g/mol. The molecule has 26 heavy (non-hydrogen) atoms. The van der Waals surface area contributed by atoms with Gasteiger partial charge in [0, 0.05) is 5.56 Å². The topological polar surface area (TPSA) is 0 Å². The van der Waals surface area contributed by atoms with Crippen LogP contribution in [0.5, 0.6) is 0 Å². The van der Waals surface area contributed by atoms with Gasteiger partial charge in [0.1, 0.15) is 11.6 Å². The van der Waals surface area contributed by atoms with Crippen molar-refractivity contribution in [3.8, 4) is 11.1 Å². The molecule has 0 heterocycles. The zero-order valence-corrected chi connectivity index (χ0v) is 15.1. The van der Waals surface area contributed by atoms with E-state index in [1.165, 1.54) is 17.7 Å². The summed E-state index contributed by atoms with van der Waals surface area (Å²) in [6.07, 6.45) is 2.12. The highest BCUT2D eigenvalue weighted by Crippen LogP contribution is 2.33. The Hall–Kier alpha value is -2.45. The molecule has 4 aromatic rings. The van der Waals surface area contributed by atoms with Crippen LogP contribution in [0.25, 0.3) is 32.7 Å². The number of fused-ring (bicyclic) bond motifs is 3. The maximum absolute atomic E-state index is 14.8. The van der Waals surface area contributed by atoms with Crippen molar-refractivity contribution in [1.82, 2.24) is 0 Å². The van der Waals surface area contributed by atoms with Gasteiger partial charge < -0.3 is 0 Å². The van der Waals surface area contributed by atoms with E-state index in [2.05, 4.69) is 31.2 Å².